The average Bonchev–Trinajstić information content (AvgIpc) is 2.24. The van der Waals surface area contributed by atoms with Gasteiger partial charge in [-0.15, -0.1) is 0 Å². The summed E-state index contributed by atoms with van der Waals surface area (Å²) in [5.74, 6) is -1.90. The van der Waals surface area contributed by atoms with E-state index in [0.717, 1.165) is 17.8 Å². The van der Waals surface area contributed by atoms with Crippen LogP contribution in [0, 0.1) is 5.82 Å². The van der Waals surface area contributed by atoms with Crippen LogP contribution in [-0.4, -0.2) is 21.5 Å². The van der Waals surface area contributed by atoms with Crippen molar-refractivity contribution in [1.29, 1.82) is 0 Å². The zero-order valence-electron chi connectivity index (χ0n) is 8.49. The first-order valence-electron chi connectivity index (χ1n) is 4.81. The molecule has 2 N–H and O–H groups in total. The molecule has 3 nitrogen and oxygen atoms in total. The fourth-order valence-electron chi connectivity index (χ4n) is 1.39. The largest absolute Gasteiger partial charge is 0.479 e. The predicted molar refractivity (Wildman–Crippen MR) is 61.1 cm³/mol. The molecule has 0 aliphatic heterocycles. The number of aliphatic hydroxyl groups excluding tert-OH is 1. The average molecular weight is 291 g/mol. The van der Waals surface area contributed by atoms with Crippen molar-refractivity contribution < 1.29 is 19.4 Å². The van der Waals surface area contributed by atoms with Gasteiger partial charge in [0.1, 0.15) is 5.82 Å². The van der Waals surface area contributed by atoms with Crippen molar-refractivity contribution in [3.8, 4) is 0 Å². The van der Waals surface area contributed by atoms with E-state index in [1.165, 1.54) is 12.1 Å². The van der Waals surface area contributed by atoms with Crippen molar-refractivity contribution in [2.45, 2.75) is 18.9 Å². The number of benzene rings is 1. The number of hydrogen-bond donors (Lipinski definition) is 2. The van der Waals surface area contributed by atoms with E-state index in [-0.39, 0.29) is 5.56 Å². The van der Waals surface area contributed by atoms with Gasteiger partial charge in [-0.2, -0.15) is 0 Å². The summed E-state index contributed by atoms with van der Waals surface area (Å²) in [4.78, 5) is 10.6. The van der Waals surface area contributed by atoms with Gasteiger partial charge < -0.3 is 10.2 Å². The number of carbonyl (C=O) groups is 1. The minimum atomic E-state index is -1.67. The van der Waals surface area contributed by atoms with E-state index in [0.29, 0.717) is 12.0 Å². The van der Waals surface area contributed by atoms with Gasteiger partial charge in [-0.3, -0.25) is 0 Å². The molecule has 0 aromatic heterocycles. The lowest BCUT2D eigenvalue weighted by Gasteiger charge is -2.08. The molecule has 1 rings (SSSR count). The molecule has 0 fully saturated rings. The van der Waals surface area contributed by atoms with Gasteiger partial charge in [-0.05, 0) is 36.1 Å². The number of carboxylic acid groups (broad SMARTS) is 1. The Hall–Kier alpha value is -0.940. The fraction of sp³-hybridized carbons (Fsp3) is 0.364. The van der Waals surface area contributed by atoms with Gasteiger partial charge >= 0.3 is 5.97 Å². The lowest BCUT2D eigenvalue weighted by Crippen LogP contribution is -2.11. The molecule has 0 bridgehead atoms. The predicted octanol–water partition coefficient (Wildman–Crippen LogP) is 2.27. The summed E-state index contributed by atoms with van der Waals surface area (Å²) < 4.78 is 13.2. The van der Waals surface area contributed by atoms with Crippen molar-refractivity contribution in [1.82, 2.24) is 0 Å². The number of aliphatic carboxylic acids is 1. The second kappa shape index (κ2) is 5.96. The first kappa shape index (κ1) is 13.1. The van der Waals surface area contributed by atoms with Crippen LogP contribution in [0.4, 0.5) is 4.39 Å². The molecular weight excluding hydrogens is 279 g/mol. The van der Waals surface area contributed by atoms with Gasteiger partial charge in [-0.25, -0.2) is 9.18 Å². The van der Waals surface area contributed by atoms with Crippen LogP contribution in [0.5, 0.6) is 0 Å². The van der Waals surface area contributed by atoms with Crippen LogP contribution < -0.4 is 0 Å². The maximum atomic E-state index is 13.2. The van der Waals surface area contributed by atoms with E-state index in [1.807, 2.05) is 0 Å². The molecule has 0 aliphatic carbocycles. The Kier molecular flexibility index (Phi) is 4.89. The molecule has 88 valence electrons. The first-order chi connectivity index (χ1) is 7.54. The Bertz CT molecular complexity index is 381. The van der Waals surface area contributed by atoms with Crippen LogP contribution >= 0.6 is 15.9 Å². The van der Waals surface area contributed by atoms with Crippen molar-refractivity contribution in [2.24, 2.45) is 0 Å². The zero-order chi connectivity index (χ0) is 12.1. The highest BCUT2D eigenvalue weighted by molar-refractivity contribution is 9.09. The highest BCUT2D eigenvalue weighted by Crippen LogP contribution is 2.18. The van der Waals surface area contributed by atoms with Crippen LogP contribution in [0.3, 0.4) is 0 Å². The van der Waals surface area contributed by atoms with Crippen molar-refractivity contribution >= 4 is 21.9 Å². The minimum absolute atomic E-state index is 0.0806. The fourth-order valence-corrected chi connectivity index (χ4v) is 1.67. The quantitative estimate of drug-likeness (QED) is 0.818. The van der Waals surface area contributed by atoms with Gasteiger partial charge in [0.15, 0.2) is 6.10 Å². The molecule has 1 unspecified atom stereocenters. The van der Waals surface area contributed by atoms with E-state index >= 15 is 0 Å². The smallest absolute Gasteiger partial charge is 0.337 e. The van der Waals surface area contributed by atoms with Crippen molar-refractivity contribution in [3.63, 3.8) is 0 Å². The molecule has 0 heterocycles. The molecule has 0 radical (unpaired) electrons. The normalized spacial score (nSPS) is 12.4. The number of carboxylic acids is 1. The minimum Gasteiger partial charge on any atom is -0.479 e. The van der Waals surface area contributed by atoms with E-state index in [1.54, 1.807) is 0 Å². The molecule has 0 aliphatic rings. The Morgan fingerprint density at radius 1 is 1.44 bits per heavy atom. The van der Waals surface area contributed by atoms with E-state index in [4.69, 9.17) is 5.11 Å². The summed E-state index contributed by atoms with van der Waals surface area (Å²) in [5.41, 5.74) is 0.770. The Balaban J connectivity index is 2.93. The summed E-state index contributed by atoms with van der Waals surface area (Å²) in [6.07, 6.45) is -0.201. The molecular formula is C11H12BrFO3. The third-order valence-corrected chi connectivity index (χ3v) is 2.69. The monoisotopic (exact) mass is 290 g/mol. The molecule has 0 saturated carbocycles. The third kappa shape index (κ3) is 3.57. The van der Waals surface area contributed by atoms with Crippen LogP contribution in [0.15, 0.2) is 18.2 Å². The Morgan fingerprint density at radius 2 is 2.12 bits per heavy atom. The van der Waals surface area contributed by atoms with Gasteiger partial charge in [-0.1, -0.05) is 22.0 Å². The lowest BCUT2D eigenvalue weighted by molar-refractivity contribution is -0.146. The highest BCUT2D eigenvalue weighted by atomic mass is 79.9. The molecule has 0 saturated heterocycles. The third-order valence-electron chi connectivity index (χ3n) is 2.13. The summed E-state index contributed by atoms with van der Waals surface area (Å²) in [5, 5.41) is 18.7. The Labute approximate surface area is 101 Å². The highest BCUT2D eigenvalue weighted by Gasteiger charge is 2.17. The maximum absolute atomic E-state index is 13.2. The number of aliphatic hydroxyl groups is 1. The SMILES string of the molecule is O=C(O)C(O)c1cc(F)cc(CCCBr)c1. The molecule has 1 atom stereocenters. The molecule has 1 aromatic rings. The van der Waals surface area contributed by atoms with Crippen LogP contribution in [0.1, 0.15) is 23.7 Å². The Morgan fingerprint density at radius 3 is 2.69 bits per heavy atom. The number of aryl methyl sites for hydroxylation is 1. The van der Waals surface area contributed by atoms with E-state index in [9.17, 15) is 14.3 Å². The number of rotatable bonds is 5. The number of hydrogen-bond acceptors (Lipinski definition) is 2. The van der Waals surface area contributed by atoms with Crippen LogP contribution in [0.25, 0.3) is 0 Å². The van der Waals surface area contributed by atoms with Gasteiger partial charge in [0.25, 0.3) is 0 Å². The molecule has 16 heavy (non-hydrogen) atoms. The summed E-state index contributed by atoms with van der Waals surface area (Å²) in [6.45, 7) is 0. The van der Waals surface area contributed by atoms with Crippen molar-refractivity contribution in [2.75, 3.05) is 5.33 Å². The second-order valence-electron chi connectivity index (χ2n) is 3.43. The number of alkyl halides is 1. The van der Waals surface area contributed by atoms with Crippen LogP contribution in [0.2, 0.25) is 0 Å². The molecule has 0 amide bonds. The zero-order valence-corrected chi connectivity index (χ0v) is 10.1. The van der Waals surface area contributed by atoms with Gasteiger partial charge in [0.2, 0.25) is 0 Å². The maximum Gasteiger partial charge on any atom is 0.337 e. The second-order valence-corrected chi connectivity index (χ2v) is 4.22. The topological polar surface area (TPSA) is 57.5 Å². The van der Waals surface area contributed by atoms with Crippen molar-refractivity contribution in [3.05, 3.63) is 35.1 Å². The van der Waals surface area contributed by atoms with Crippen LogP contribution in [-0.2, 0) is 11.2 Å². The number of halogens is 2. The summed E-state index contributed by atoms with van der Waals surface area (Å²) >= 11 is 3.26. The first-order valence-corrected chi connectivity index (χ1v) is 5.93. The summed E-state index contributed by atoms with van der Waals surface area (Å²) in [6, 6.07) is 3.90. The molecule has 0 spiro atoms. The summed E-state index contributed by atoms with van der Waals surface area (Å²) in [7, 11) is 0. The van der Waals surface area contributed by atoms with E-state index in [2.05, 4.69) is 15.9 Å². The van der Waals surface area contributed by atoms with E-state index < -0.39 is 17.9 Å². The molecule has 1 aromatic carbocycles. The van der Waals surface area contributed by atoms with Gasteiger partial charge in [0, 0.05) is 5.33 Å². The standard InChI is InChI=1S/C11H12BrFO3/c12-3-1-2-7-4-8(6-9(13)5-7)10(14)11(15)16/h4-6,10,14H,1-3H2,(H,15,16). The lowest BCUT2D eigenvalue weighted by atomic mass is 10.0. The molecule has 5 heteroatoms. The van der Waals surface area contributed by atoms with Gasteiger partial charge in [0.05, 0.1) is 0 Å².